The standard InChI is InChI=1S/C26H19BrClNO4S/c27-17-9-7-16(8-10-17)24-25(23(30)19-5-1-2-6-21(19)32-24)31-13-3-4-14-34-26-29-20-15-18(28)11-12-22(20)33-26/h1-2,5-12,15H,3-4,13-14H2. The molecule has 0 fully saturated rings. The van der Waals surface area contributed by atoms with Crippen molar-refractivity contribution in [2.75, 3.05) is 12.4 Å². The molecule has 0 amide bonds. The van der Waals surface area contributed by atoms with Gasteiger partial charge < -0.3 is 13.6 Å². The summed E-state index contributed by atoms with van der Waals surface area (Å²) >= 11 is 11.0. The van der Waals surface area contributed by atoms with E-state index in [1.54, 1.807) is 36.0 Å². The molecule has 0 radical (unpaired) electrons. The summed E-state index contributed by atoms with van der Waals surface area (Å²) in [7, 11) is 0. The van der Waals surface area contributed by atoms with Crippen LogP contribution in [0.2, 0.25) is 5.02 Å². The van der Waals surface area contributed by atoms with Crippen LogP contribution in [0.15, 0.2) is 90.1 Å². The van der Waals surface area contributed by atoms with Crippen LogP contribution in [0.4, 0.5) is 0 Å². The summed E-state index contributed by atoms with van der Waals surface area (Å²) in [4.78, 5) is 17.6. The molecule has 0 unspecified atom stereocenters. The number of unbranched alkanes of at least 4 members (excludes halogenated alkanes) is 1. The van der Waals surface area contributed by atoms with E-state index in [1.165, 1.54) is 0 Å². The lowest BCUT2D eigenvalue weighted by Crippen LogP contribution is -2.11. The number of rotatable bonds is 8. The van der Waals surface area contributed by atoms with Crippen molar-refractivity contribution >= 4 is 61.4 Å². The summed E-state index contributed by atoms with van der Waals surface area (Å²) in [5.41, 5.74) is 2.63. The number of ether oxygens (including phenoxy) is 1. The molecule has 8 heteroatoms. The maximum Gasteiger partial charge on any atom is 0.256 e. The molecular formula is C26H19BrClNO4S. The fourth-order valence-corrected chi connectivity index (χ4v) is 4.79. The number of oxazole rings is 1. The summed E-state index contributed by atoms with van der Waals surface area (Å²) in [6, 6.07) is 20.2. The fraction of sp³-hybridized carbons (Fsp3) is 0.154. The third kappa shape index (κ3) is 5.02. The summed E-state index contributed by atoms with van der Waals surface area (Å²) in [6.45, 7) is 0.399. The van der Waals surface area contributed by atoms with Gasteiger partial charge >= 0.3 is 0 Å². The van der Waals surface area contributed by atoms with Crippen LogP contribution >= 0.6 is 39.3 Å². The second-order valence-corrected chi connectivity index (χ2v) is 9.99. The lowest BCUT2D eigenvalue weighted by Gasteiger charge is -2.11. The normalized spacial score (nSPS) is 11.4. The second-order valence-electron chi connectivity index (χ2n) is 7.59. The van der Waals surface area contributed by atoms with Crippen LogP contribution in [0.5, 0.6) is 5.75 Å². The molecule has 2 heterocycles. The van der Waals surface area contributed by atoms with Gasteiger partial charge in [0.15, 0.2) is 11.3 Å². The summed E-state index contributed by atoms with van der Waals surface area (Å²) in [5.74, 6) is 1.50. The van der Waals surface area contributed by atoms with E-state index >= 15 is 0 Å². The van der Waals surface area contributed by atoms with Crippen molar-refractivity contribution in [3.8, 4) is 17.1 Å². The van der Waals surface area contributed by atoms with E-state index < -0.39 is 0 Å². The molecule has 3 aromatic carbocycles. The first kappa shape index (κ1) is 23.0. The SMILES string of the molecule is O=c1c(OCCCCSc2nc3cc(Cl)ccc3o2)c(-c2ccc(Br)cc2)oc2ccccc12. The van der Waals surface area contributed by atoms with Gasteiger partial charge in [0.1, 0.15) is 11.1 Å². The predicted octanol–water partition coefficient (Wildman–Crippen LogP) is 7.97. The third-order valence-corrected chi connectivity index (χ3v) is 6.88. The molecule has 0 saturated carbocycles. The van der Waals surface area contributed by atoms with E-state index in [0.717, 1.165) is 39.7 Å². The van der Waals surface area contributed by atoms with E-state index in [4.69, 9.17) is 25.2 Å². The first-order chi connectivity index (χ1) is 16.6. The monoisotopic (exact) mass is 555 g/mol. The average molecular weight is 557 g/mol. The average Bonchev–Trinajstić information content (AvgIpc) is 3.24. The number of para-hydroxylation sites is 1. The number of halogens is 2. The number of fused-ring (bicyclic) bond motifs is 2. The first-order valence-corrected chi connectivity index (χ1v) is 12.9. The van der Waals surface area contributed by atoms with Crippen molar-refractivity contribution < 1.29 is 13.6 Å². The van der Waals surface area contributed by atoms with Gasteiger partial charge in [0.25, 0.3) is 5.22 Å². The number of benzene rings is 3. The van der Waals surface area contributed by atoms with E-state index in [2.05, 4.69) is 20.9 Å². The Morgan fingerprint density at radius 2 is 1.79 bits per heavy atom. The van der Waals surface area contributed by atoms with Crippen LogP contribution in [0.3, 0.4) is 0 Å². The highest BCUT2D eigenvalue weighted by atomic mass is 79.9. The highest BCUT2D eigenvalue weighted by Crippen LogP contribution is 2.32. The molecule has 0 aliphatic rings. The highest BCUT2D eigenvalue weighted by Gasteiger charge is 2.17. The van der Waals surface area contributed by atoms with E-state index in [-0.39, 0.29) is 11.2 Å². The lowest BCUT2D eigenvalue weighted by atomic mass is 10.1. The van der Waals surface area contributed by atoms with Crippen molar-refractivity contribution in [2.45, 2.75) is 18.1 Å². The maximum absolute atomic E-state index is 13.2. The Morgan fingerprint density at radius 3 is 2.65 bits per heavy atom. The van der Waals surface area contributed by atoms with Gasteiger partial charge in [0.05, 0.1) is 12.0 Å². The molecule has 5 aromatic rings. The van der Waals surface area contributed by atoms with Crippen molar-refractivity contribution in [2.24, 2.45) is 0 Å². The van der Waals surface area contributed by atoms with Crippen LogP contribution in [-0.4, -0.2) is 17.3 Å². The molecular weight excluding hydrogens is 538 g/mol. The molecule has 0 atom stereocenters. The van der Waals surface area contributed by atoms with Crippen LogP contribution in [-0.2, 0) is 0 Å². The lowest BCUT2D eigenvalue weighted by molar-refractivity contribution is 0.302. The number of hydrogen-bond donors (Lipinski definition) is 0. The van der Waals surface area contributed by atoms with Crippen LogP contribution in [0, 0.1) is 0 Å². The topological polar surface area (TPSA) is 65.5 Å². The number of nitrogens with zero attached hydrogens (tertiary/aromatic N) is 1. The smallest absolute Gasteiger partial charge is 0.256 e. The molecule has 0 aliphatic heterocycles. The van der Waals surface area contributed by atoms with Gasteiger partial charge in [-0.05, 0) is 67.4 Å². The zero-order chi connectivity index (χ0) is 23.5. The maximum atomic E-state index is 13.2. The summed E-state index contributed by atoms with van der Waals surface area (Å²) in [6.07, 6.45) is 1.64. The molecule has 0 spiro atoms. The van der Waals surface area contributed by atoms with Gasteiger partial charge in [-0.2, -0.15) is 0 Å². The fourth-order valence-electron chi connectivity index (χ4n) is 3.53. The molecule has 172 valence electrons. The van der Waals surface area contributed by atoms with Crippen LogP contribution in [0.25, 0.3) is 33.4 Å². The molecule has 5 rings (SSSR count). The zero-order valence-corrected chi connectivity index (χ0v) is 21.1. The Balaban J connectivity index is 1.25. The summed E-state index contributed by atoms with van der Waals surface area (Å²) in [5, 5.41) is 1.76. The first-order valence-electron chi connectivity index (χ1n) is 10.7. The van der Waals surface area contributed by atoms with Crippen LogP contribution < -0.4 is 10.2 Å². The number of thioether (sulfide) groups is 1. The molecule has 34 heavy (non-hydrogen) atoms. The Kier molecular flexibility index (Phi) is 6.94. The Labute approximate surface area is 213 Å². The number of aromatic nitrogens is 1. The van der Waals surface area contributed by atoms with Gasteiger partial charge in [-0.15, -0.1) is 0 Å². The molecule has 0 aliphatic carbocycles. The Bertz CT molecular complexity index is 1510. The Morgan fingerprint density at radius 1 is 0.971 bits per heavy atom. The van der Waals surface area contributed by atoms with Crippen molar-refractivity contribution in [1.82, 2.24) is 4.98 Å². The quantitative estimate of drug-likeness (QED) is 0.143. The van der Waals surface area contributed by atoms with Crippen molar-refractivity contribution in [1.29, 1.82) is 0 Å². The zero-order valence-electron chi connectivity index (χ0n) is 17.9. The largest absolute Gasteiger partial charge is 0.486 e. The van der Waals surface area contributed by atoms with Gasteiger partial charge in [-0.1, -0.05) is 51.4 Å². The third-order valence-electron chi connectivity index (χ3n) is 5.20. The molecule has 0 bridgehead atoms. The highest BCUT2D eigenvalue weighted by molar-refractivity contribution is 9.10. The molecule has 0 saturated heterocycles. The number of hydrogen-bond acceptors (Lipinski definition) is 6. The summed E-state index contributed by atoms with van der Waals surface area (Å²) < 4.78 is 18.8. The van der Waals surface area contributed by atoms with E-state index in [0.29, 0.717) is 33.6 Å². The minimum Gasteiger partial charge on any atom is -0.486 e. The second kappa shape index (κ2) is 10.3. The van der Waals surface area contributed by atoms with E-state index in [9.17, 15) is 4.79 Å². The van der Waals surface area contributed by atoms with Crippen molar-refractivity contribution in [3.05, 3.63) is 86.4 Å². The molecule has 5 nitrogen and oxygen atoms in total. The van der Waals surface area contributed by atoms with E-state index in [1.807, 2.05) is 42.5 Å². The predicted molar refractivity (Wildman–Crippen MR) is 140 cm³/mol. The molecule has 0 N–H and O–H groups in total. The van der Waals surface area contributed by atoms with Crippen molar-refractivity contribution in [3.63, 3.8) is 0 Å². The van der Waals surface area contributed by atoms with Gasteiger partial charge in [-0.3, -0.25) is 4.79 Å². The minimum absolute atomic E-state index is 0.167. The van der Waals surface area contributed by atoms with Gasteiger partial charge in [-0.25, -0.2) is 4.98 Å². The van der Waals surface area contributed by atoms with Gasteiger partial charge in [0, 0.05) is 20.8 Å². The minimum atomic E-state index is -0.167. The molecule has 2 aromatic heterocycles. The van der Waals surface area contributed by atoms with Crippen LogP contribution in [0.1, 0.15) is 12.8 Å². The van der Waals surface area contributed by atoms with Gasteiger partial charge in [0.2, 0.25) is 11.2 Å². The Hall–Kier alpha value is -2.74.